The second-order valence-electron chi connectivity index (χ2n) is 6.38. The van der Waals surface area contributed by atoms with Crippen molar-refractivity contribution in [1.29, 1.82) is 0 Å². The molecule has 0 spiro atoms. The summed E-state index contributed by atoms with van der Waals surface area (Å²) in [5.74, 6) is -1.10. The minimum atomic E-state index is -0.635. The van der Waals surface area contributed by atoms with E-state index in [0.717, 1.165) is 24.9 Å². The number of carbonyl (C=O) groups is 3. The van der Waals surface area contributed by atoms with Gasteiger partial charge in [-0.1, -0.05) is 31.2 Å². The van der Waals surface area contributed by atoms with Crippen molar-refractivity contribution >= 4 is 17.7 Å². The zero-order valence-corrected chi connectivity index (χ0v) is 15.0. The fourth-order valence-electron chi connectivity index (χ4n) is 2.88. The summed E-state index contributed by atoms with van der Waals surface area (Å²) in [7, 11) is 0. The molecule has 1 atom stereocenters. The van der Waals surface area contributed by atoms with Crippen molar-refractivity contribution in [2.75, 3.05) is 19.6 Å². The average Bonchev–Trinajstić information content (AvgIpc) is 3.03. The van der Waals surface area contributed by atoms with Gasteiger partial charge in [-0.3, -0.25) is 14.4 Å². The lowest BCUT2D eigenvalue weighted by atomic mass is 10.1. The van der Waals surface area contributed by atoms with Crippen molar-refractivity contribution in [2.24, 2.45) is 0 Å². The van der Waals surface area contributed by atoms with Crippen molar-refractivity contribution in [3.05, 3.63) is 35.4 Å². The third-order valence-electron chi connectivity index (χ3n) is 4.50. The molecule has 1 saturated heterocycles. The predicted molar refractivity (Wildman–Crippen MR) is 95.8 cm³/mol. The zero-order valence-electron chi connectivity index (χ0n) is 15.0. The molecule has 0 aliphatic carbocycles. The quantitative estimate of drug-likeness (QED) is 0.581. The molecule has 1 unspecified atom stereocenters. The first-order chi connectivity index (χ1) is 12.0. The Kier molecular flexibility index (Phi) is 6.98. The summed E-state index contributed by atoms with van der Waals surface area (Å²) >= 11 is 0. The second-order valence-corrected chi connectivity index (χ2v) is 6.38. The molecule has 2 rings (SSSR count). The van der Waals surface area contributed by atoms with Gasteiger partial charge >= 0.3 is 11.8 Å². The summed E-state index contributed by atoms with van der Waals surface area (Å²) in [4.78, 5) is 37.1. The van der Waals surface area contributed by atoms with Gasteiger partial charge in [-0.25, -0.2) is 0 Å². The molecule has 136 valence electrons. The van der Waals surface area contributed by atoms with Gasteiger partial charge in [0.05, 0.1) is 6.04 Å². The van der Waals surface area contributed by atoms with Crippen LogP contribution in [0.15, 0.2) is 24.3 Å². The third-order valence-corrected chi connectivity index (χ3v) is 4.50. The fraction of sp³-hybridized carbons (Fsp3) is 0.526. The lowest BCUT2D eigenvalue weighted by Crippen LogP contribution is -2.41. The van der Waals surface area contributed by atoms with Crippen molar-refractivity contribution in [3.63, 3.8) is 0 Å². The van der Waals surface area contributed by atoms with Gasteiger partial charge in [0.1, 0.15) is 0 Å². The second kappa shape index (κ2) is 9.20. The normalized spacial score (nSPS) is 15.1. The summed E-state index contributed by atoms with van der Waals surface area (Å²) < 4.78 is 0. The molecule has 1 aliphatic rings. The molecule has 6 nitrogen and oxygen atoms in total. The first-order valence-corrected chi connectivity index (χ1v) is 8.96. The van der Waals surface area contributed by atoms with Crippen LogP contribution in [0.4, 0.5) is 0 Å². The van der Waals surface area contributed by atoms with Crippen molar-refractivity contribution in [1.82, 2.24) is 15.5 Å². The SMILES string of the molecule is CCc1ccc(C(C)NC(=O)C(=O)NCCCN2CCCC2=O)cc1. The molecule has 1 fully saturated rings. The number of hydrogen-bond donors (Lipinski definition) is 2. The first kappa shape index (κ1) is 19.0. The number of likely N-dealkylation sites (tertiary alicyclic amines) is 1. The largest absolute Gasteiger partial charge is 0.348 e. The number of amides is 3. The number of benzene rings is 1. The minimum absolute atomic E-state index is 0.173. The molecule has 1 aromatic rings. The topological polar surface area (TPSA) is 78.5 Å². The number of nitrogens with zero attached hydrogens (tertiary/aromatic N) is 1. The monoisotopic (exact) mass is 345 g/mol. The summed E-state index contributed by atoms with van der Waals surface area (Å²) in [6.07, 6.45) is 3.14. The van der Waals surface area contributed by atoms with Gasteiger partial charge in [0.15, 0.2) is 0 Å². The van der Waals surface area contributed by atoms with Crippen LogP contribution < -0.4 is 10.6 Å². The van der Waals surface area contributed by atoms with Crippen LogP contribution in [0.3, 0.4) is 0 Å². The zero-order chi connectivity index (χ0) is 18.2. The highest BCUT2D eigenvalue weighted by molar-refractivity contribution is 6.35. The molecule has 0 saturated carbocycles. The Balaban J connectivity index is 1.70. The lowest BCUT2D eigenvalue weighted by Gasteiger charge is -2.16. The Bertz CT molecular complexity index is 613. The van der Waals surface area contributed by atoms with Crippen LogP contribution in [0.1, 0.15) is 50.3 Å². The number of hydrogen-bond acceptors (Lipinski definition) is 3. The third kappa shape index (κ3) is 5.59. The molecule has 1 heterocycles. The highest BCUT2D eigenvalue weighted by Crippen LogP contribution is 2.13. The van der Waals surface area contributed by atoms with Crippen LogP contribution in [0, 0.1) is 0 Å². The van der Waals surface area contributed by atoms with Crippen molar-refractivity contribution in [2.45, 2.75) is 45.6 Å². The van der Waals surface area contributed by atoms with Gasteiger partial charge in [0.25, 0.3) is 0 Å². The molecule has 6 heteroatoms. The van der Waals surface area contributed by atoms with Crippen LogP contribution in [0.2, 0.25) is 0 Å². The maximum Gasteiger partial charge on any atom is 0.309 e. The molecule has 0 radical (unpaired) electrons. The van der Waals surface area contributed by atoms with Crippen LogP contribution in [-0.2, 0) is 20.8 Å². The number of rotatable bonds is 7. The van der Waals surface area contributed by atoms with E-state index < -0.39 is 11.8 Å². The van der Waals surface area contributed by atoms with Gasteiger partial charge in [0, 0.05) is 26.1 Å². The standard InChI is InChI=1S/C19H27N3O3/c1-3-15-7-9-16(10-8-15)14(2)21-19(25)18(24)20-11-5-13-22-12-4-6-17(22)23/h7-10,14H,3-6,11-13H2,1-2H3,(H,20,24)(H,21,25). The van der Waals surface area contributed by atoms with E-state index in [2.05, 4.69) is 17.6 Å². The molecule has 1 aromatic carbocycles. The van der Waals surface area contributed by atoms with E-state index in [1.54, 1.807) is 4.90 Å². The van der Waals surface area contributed by atoms with E-state index >= 15 is 0 Å². The van der Waals surface area contributed by atoms with E-state index in [4.69, 9.17) is 0 Å². The summed E-state index contributed by atoms with van der Waals surface area (Å²) in [5, 5.41) is 5.31. The van der Waals surface area contributed by atoms with E-state index in [0.29, 0.717) is 25.9 Å². The highest BCUT2D eigenvalue weighted by Gasteiger charge is 2.20. The molecular formula is C19H27N3O3. The summed E-state index contributed by atoms with van der Waals surface area (Å²) in [5.41, 5.74) is 2.20. The Hall–Kier alpha value is -2.37. The van der Waals surface area contributed by atoms with Crippen LogP contribution in [0.25, 0.3) is 0 Å². The van der Waals surface area contributed by atoms with Crippen LogP contribution in [-0.4, -0.2) is 42.3 Å². The Morgan fingerprint density at radius 1 is 1.20 bits per heavy atom. The summed E-state index contributed by atoms with van der Waals surface area (Å²) in [6, 6.07) is 7.75. The Morgan fingerprint density at radius 2 is 1.92 bits per heavy atom. The van der Waals surface area contributed by atoms with Gasteiger partial charge in [-0.05, 0) is 37.3 Å². The highest BCUT2D eigenvalue weighted by atomic mass is 16.2. The van der Waals surface area contributed by atoms with Gasteiger partial charge in [0.2, 0.25) is 5.91 Å². The molecule has 25 heavy (non-hydrogen) atoms. The van der Waals surface area contributed by atoms with Crippen LogP contribution >= 0.6 is 0 Å². The van der Waals surface area contributed by atoms with Crippen molar-refractivity contribution < 1.29 is 14.4 Å². The van der Waals surface area contributed by atoms with E-state index in [1.807, 2.05) is 31.2 Å². The minimum Gasteiger partial charge on any atom is -0.348 e. The molecule has 0 bridgehead atoms. The Morgan fingerprint density at radius 3 is 2.52 bits per heavy atom. The Labute approximate surface area is 149 Å². The van der Waals surface area contributed by atoms with Crippen LogP contribution in [0.5, 0.6) is 0 Å². The fourth-order valence-corrected chi connectivity index (χ4v) is 2.88. The number of aryl methyl sites for hydroxylation is 1. The maximum atomic E-state index is 12.0. The van der Waals surface area contributed by atoms with Gasteiger partial charge < -0.3 is 15.5 Å². The molecule has 0 aromatic heterocycles. The molecule has 1 aliphatic heterocycles. The number of carbonyl (C=O) groups excluding carboxylic acids is 3. The van der Waals surface area contributed by atoms with Gasteiger partial charge in [-0.2, -0.15) is 0 Å². The van der Waals surface area contributed by atoms with Crippen molar-refractivity contribution in [3.8, 4) is 0 Å². The van der Waals surface area contributed by atoms with E-state index in [-0.39, 0.29) is 11.9 Å². The smallest absolute Gasteiger partial charge is 0.309 e. The molecule has 2 N–H and O–H groups in total. The van der Waals surface area contributed by atoms with E-state index in [1.165, 1.54) is 5.56 Å². The molecular weight excluding hydrogens is 318 g/mol. The predicted octanol–water partition coefficient (Wildman–Crippen LogP) is 1.55. The lowest BCUT2D eigenvalue weighted by molar-refractivity contribution is -0.139. The number of nitrogens with one attached hydrogen (secondary N) is 2. The first-order valence-electron chi connectivity index (χ1n) is 8.96. The maximum absolute atomic E-state index is 12.0. The van der Waals surface area contributed by atoms with Gasteiger partial charge in [-0.15, -0.1) is 0 Å². The average molecular weight is 345 g/mol. The molecule has 3 amide bonds. The summed E-state index contributed by atoms with van der Waals surface area (Å²) in [6.45, 7) is 5.74. The van der Waals surface area contributed by atoms with E-state index in [9.17, 15) is 14.4 Å².